The molecule has 7 heteroatoms. The molecule has 0 spiro atoms. The van der Waals surface area contributed by atoms with Crippen LogP contribution in [0.3, 0.4) is 0 Å². The van der Waals surface area contributed by atoms with Crippen molar-refractivity contribution in [3.8, 4) is 0 Å². The molecule has 1 saturated heterocycles. The van der Waals surface area contributed by atoms with E-state index in [0.717, 1.165) is 0 Å². The molecule has 1 N–H and O–H groups in total. The first-order valence-corrected chi connectivity index (χ1v) is 6.65. The van der Waals surface area contributed by atoms with Crippen molar-refractivity contribution in [2.45, 2.75) is 13.0 Å². The Morgan fingerprint density at radius 1 is 1.50 bits per heavy atom. The number of ether oxygens (including phenoxy) is 1. The maximum absolute atomic E-state index is 12.4. The highest BCUT2D eigenvalue weighted by Gasteiger charge is 2.39. The number of nitrogens with zero attached hydrogens (tertiary/aromatic N) is 2. The van der Waals surface area contributed by atoms with Crippen LogP contribution >= 0.6 is 11.6 Å². The molecular weight excluding hydrogens is 284 g/mol. The molecule has 1 aliphatic heterocycles. The normalized spacial score (nSPS) is 21.7. The van der Waals surface area contributed by atoms with Gasteiger partial charge in [0.25, 0.3) is 5.91 Å². The summed E-state index contributed by atoms with van der Waals surface area (Å²) in [7, 11) is 0. The number of aliphatic carboxylic acids is 1. The summed E-state index contributed by atoms with van der Waals surface area (Å²) in [6.07, 6.45) is 1.39. The first-order valence-electron chi connectivity index (χ1n) is 6.27. The lowest BCUT2D eigenvalue weighted by atomic mass is 10.0. The van der Waals surface area contributed by atoms with Crippen LogP contribution in [-0.4, -0.2) is 52.7 Å². The Hall–Kier alpha value is -1.66. The minimum atomic E-state index is -0.956. The molecule has 2 heterocycles. The van der Waals surface area contributed by atoms with Crippen molar-refractivity contribution in [2.24, 2.45) is 5.92 Å². The number of carboxylic acids is 1. The number of carbonyl (C=O) groups excluding carboxylic acids is 1. The second-order valence-corrected chi connectivity index (χ2v) is 4.94. The highest BCUT2D eigenvalue weighted by atomic mass is 35.5. The molecule has 1 aliphatic rings. The van der Waals surface area contributed by atoms with E-state index in [1.807, 2.05) is 0 Å². The summed E-state index contributed by atoms with van der Waals surface area (Å²) in [5, 5.41) is 9.61. The van der Waals surface area contributed by atoms with Crippen molar-refractivity contribution in [1.82, 2.24) is 9.88 Å². The summed E-state index contributed by atoms with van der Waals surface area (Å²) in [5.74, 6) is -1.97. The fourth-order valence-electron chi connectivity index (χ4n) is 2.26. The van der Waals surface area contributed by atoms with Gasteiger partial charge in [0.2, 0.25) is 0 Å². The minimum absolute atomic E-state index is 0.123. The first kappa shape index (κ1) is 14.7. The topological polar surface area (TPSA) is 79.7 Å². The smallest absolute Gasteiger partial charge is 0.311 e. The Bertz CT molecular complexity index is 506. The highest BCUT2D eigenvalue weighted by Crippen LogP contribution is 2.21. The average Bonchev–Trinajstić information content (AvgIpc) is 2.89. The monoisotopic (exact) mass is 298 g/mol. The lowest BCUT2D eigenvalue weighted by Gasteiger charge is -2.29. The van der Waals surface area contributed by atoms with E-state index >= 15 is 0 Å². The zero-order valence-corrected chi connectivity index (χ0v) is 11.7. The maximum atomic E-state index is 12.4. The van der Waals surface area contributed by atoms with Crippen molar-refractivity contribution in [1.29, 1.82) is 0 Å². The highest BCUT2D eigenvalue weighted by molar-refractivity contribution is 6.30. The zero-order valence-electron chi connectivity index (χ0n) is 11.0. The van der Waals surface area contributed by atoms with Gasteiger partial charge in [0, 0.05) is 12.7 Å². The summed E-state index contributed by atoms with van der Waals surface area (Å²) in [6.45, 7) is 2.54. The van der Waals surface area contributed by atoms with Gasteiger partial charge in [-0.3, -0.25) is 9.59 Å². The third-order valence-electron chi connectivity index (χ3n) is 3.32. The molecule has 2 atom stereocenters. The largest absolute Gasteiger partial charge is 0.481 e. The van der Waals surface area contributed by atoms with E-state index in [2.05, 4.69) is 4.98 Å². The summed E-state index contributed by atoms with van der Waals surface area (Å²) in [4.78, 5) is 29.1. The number of carboxylic acid groups (broad SMARTS) is 1. The number of aromatic nitrogens is 1. The number of pyridine rings is 1. The van der Waals surface area contributed by atoms with Gasteiger partial charge in [0.15, 0.2) is 0 Å². The number of amides is 1. The third-order valence-corrected chi connectivity index (χ3v) is 3.54. The second kappa shape index (κ2) is 6.19. The molecule has 1 amide bonds. The Balaban J connectivity index is 2.21. The van der Waals surface area contributed by atoms with Crippen molar-refractivity contribution >= 4 is 23.5 Å². The van der Waals surface area contributed by atoms with Gasteiger partial charge in [-0.25, -0.2) is 4.98 Å². The maximum Gasteiger partial charge on any atom is 0.311 e. The van der Waals surface area contributed by atoms with Crippen LogP contribution in [0, 0.1) is 5.92 Å². The number of hydrogen-bond donors (Lipinski definition) is 1. The van der Waals surface area contributed by atoms with E-state index in [0.29, 0.717) is 11.6 Å². The Morgan fingerprint density at radius 3 is 2.80 bits per heavy atom. The van der Waals surface area contributed by atoms with Gasteiger partial charge in [-0.2, -0.15) is 0 Å². The molecule has 2 rings (SSSR count). The predicted molar refractivity (Wildman–Crippen MR) is 71.7 cm³/mol. The van der Waals surface area contributed by atoms with Crippen molar-refractivity contribution in [3.63, 3.8) is 0 Å². The van der Waals surface area contributed by atoms with E-state index in [1.54, 1.807) is 13.0 Å². The average molecular weight is 299 g/mol. The molecule has 1 aromatic rings. The second-order valence-electron chi connectivity index (χ2n) is 4.50. The minimum Gasteiger partial charge on any atom is -0.481 e. The van der Waals surface area contributed by atoms with Crippen LogP contribution in [-0.2, 0) is 9.53 Å². The van der Waals surface area contributed by atoms with Gasteiger partial charge >= 0.3 is 5.97 Å². The molecule has 0 aliphatic carbocycles. The fraction of sp³-hybridized carbons (Fsp3) is 0.462. The van der Waals surface area contributed by atoms with Crippen LogP contribution in [0.2, 0.25) is 5.02 Å². The summed E-state index contributed by atoms with van der Waals surface area (Å²) in [5.41, 5.74) is 0.243. The van der Waals surface area contributed by atoms with Crippen molar-refractivity contribution in [2.75, 3.05) is 19.8 Å². The summed E-state index contributed by atoms with van der Waals surface area (Å²) in [6, 6.07) is 2.64. The standard InChI is InChI=1S/C13H15ClN2O4/c1-2-16(11-7-20-6-9(11)13(18)19)12(17)10-4-3-8(14)5-15-10/h3-5,9,11H,2,6-7H2,1H3,(H,18,19). The number of halogens is 1. The molecule has 0 radical (unpaired) electrons. The summed E-state index contributed by atoms with van der Waals surface area (Å²) >= 11 is 5.74. The van der Waals surface area contributed by atoms with E-state index in [9.17, 15) is 9.59 Å². The number of likely N-dealkylation sites (N-methyl/N-ethyl adjacent to an activating group) is 1. The van der Waals surface area contributed by atoms with E-state index in [4.69, 9.17) is 21.4 Å². The van der Waals surface area contributed by atoms with E-state index in [1.165, 1.54) is 17.2 Å². The fourth-order valence-corrected chi connectivity index (χ4v) is 2.38. The molecule has 1 aromatic heterocycles. The van der Waals surface area contributed by atoms with Crippen LogP contribution in [0.15, 0.2) is 18.3 Å². The van der Waals surface area contributed by atoms with Crippen LogP contribution in [0.4, 0.5) is 0 Å². The van der Waals surface area contributed by atoms with Crippen LogP contribution in [0.1, 0.15) is 17.4 Å². The van der Waals surface area contributed by atoms with E-state index in [-0.39, 0.29) is 24.8 Å². The molecule has 0 bridgehead atoms. The van der Waals surface area contributed by atoms with Gasteiger partial charge in [0.1, 0.15) is 11.6 Å². The SMILES string of the molecule is CCN(C(=O)c1ccc(Cl)cn1)C1COCC1C(=O)O. The van der Waals surface area contributed by atoms with Crippen LogP contribution < -0.4 is 0 Å². The summed E-state index contributed by atoms with van der Waals surface area (Å²) < 4.78 is 5.20. The lowest BCUT2D eigenvalue weighted by molar-refractivity contribution is -0.142. The number of hydrogen-bond acceptors (Lipinski definition) is 4. The van der Waals surface area contributed by atoms with Gasteiger partial charge in [-0.15, -0.1) is 0 Å². The van der Waals surface area contributed by atoms with Crippen molar-refractivity contribution in [3.05, 3.63) is 29.0 Å². The first-order chi connectivity index (χ1) is 9.54. The molecule has 2 unspecified atom stereocenters. The Morgan fingerprint density at radius 2 is 2.25 bits per heavy atom. The Labute approximate surface area is 121 Å². The molecular formula is C13H15ClN2O4. The van der Waals surface area contributed by atoms with Gasteiger partial charge in [-0.05, 0) is 19.1 Å². The number of rotatable bonds is 4. The lowest BCUT2D eigenvalue weighted by Crippen LogP contribution is -2.46. The molecule has 108 valence electrons. The number of carbonyl (C=O) groups is 2. The van der Waals surface area contributed by atoms with E-state index < -0.39 is 17.9 Å². The van der Waals surface area contributed by atoms with Crippen LogP contribution in [0.5, 0.6) is 0 Å². The molecule has 0 aromatic carbocycles. The van der Waals surface area contributed by atoms with Gasteiger partial charge < -0.3 is 14.7 Å². The van der Waals surface area contributed by atoms with Gasteiger partial charge in [-0.1, -0.05) is 11.6 Å². The third kappa shape index (κ3) is 2.91. The quantitative estimate of drug-likeness (QED) is 0.906. The predicted octanol–water partition coefficient (Wildman–Crippen LogP) is 1.30. The zero-order chi connectivity index (χ0) is 14.7. The molecule has 0 saturated carbocycles. The molecule has 20 heavy (non-hydrogen) atoms. The van der Waals surface area contributed by atoms with Gasteiger partial charge in [0.05, 0.1) is 24.3 Å². The van der Waals surface area contributed by atoms with Crippen LogP contribution in [0.25, 0.3) is 0 Å². The van der Waals surface area contributed by atoms with Crippen molar-refractivity contribution < 1.29 is 19.4 Å². The Kier molecular flexibility index (Phi) is 4.57. The molecule has 1 fully saturated rings. The molecule has 6 nitrogen and oxygen atoms in total.